The maximum Gasteiger partial charge on any atom is 0.262 e. The molecular formula is C23H27N3O2S. The molecule has 152 valence electrons. The highest BCUT2D eigenvalue weighted by molar-refractivity contribution is 7.18. The van der Waals surface area contributed by atoms with E-state index in [4.69, 9.17) is 0 Å². The first-order valence-electron chi connectivity index (χ1n) is 10.5. The smallest absolute Gasteiger partial charge is 0.262 e. The number of amides is 1. The number of benzene rings is 1. The molecule has 0 spiro atoms. The predicted molar refractivity (Wildman–Crippen MR) is 119 cm³/mol. The van der Waals surface area contributed by atoms with Crippen molar-refractivity contribution in [1.29, 1.82) is 0 Å². The van der Waals surface area contributed by atoms with Crippen LogP contribution in [0.1, 0.15) is 54.7 Å². The Hall–Kier alpha value is -2.47. The summed E-state index contributed by atoms with van der Waals surface area (Å²) in [5, 5.41) is 3.86. The number of carbonyl (C=O) groups excluding carboxylic acids is 1. The van der Waals surface area contributed by atoms with Gasteiger partial charge in [0.25, 0.3) is 5.56 Å². The molecule has 1 aromatic carbocycles. The zero-order chi connectivity index (χ0) is 20.4. The van der Waals surface area contributed by atoms with Crippen LogP contribution in [-0.4, -0.2) is 15.5 Å². The monoisotopic (exact) mass is 409 g/mol. The molecular weight excluding hydrogens is 382 g/mol. The minimum absolute atomic E-state index is 0.00888. The van der Waals surface area contributed by atoms with Crippen LogP contribution in [0.4, 0.5) is 5.69 Å². The third-order valence-corrected chi connectivity index (χ3v) is 6.98. The lowest BCUT2D eigenvalue weighted by Crippen LogP contribution is -2.24. The third-order valence-electron chi connectivity index (χ3n) is 5.78. The second kappa shape index (κ2) is 8.49. The summed E-state index contributed by atoms with van der Waals surface area (Å²) in [5.74, 6) is -0.0695. The van der Waals surface area contributed by atoms with Crippen molar-refractivity contribution in [3.05, 3.63) is 56.4 Å². The van der Waals surface area contributed by atoms with Crippen LogP contribution >= 0.6 is 11.3 Å². The zero-order valence-corrected chi connectivity index (χ0v) is 17.9. The van der Waals surface area contributed by atoms with Crippen LogP contribution in [0.2, 0.25) is 0 Å². The molecule has 4 rings (SSSR count). The molecule has 1 amide bonds. The lowest BCUT2D eigenvalue weighted by molar-refractivity contribution is -0.116. The molecule has 1 N–H and O–H groups in total. The van der Waals surface area contributed by atoms with Crippen molar-refractivity contribution in [3.63, 3.8) is 0 Å². The summed E-state index contributed by atoms with van der Waals surface area (Å²) in [7, 11) is 0. The topological polar surface area (TPSA) is 64.0 Å². The Morgan fingerprint density at radius 2 is 1.90 bits per heavy atom. The molecule has 0 saturated carbocycles. The van der Waals surface area contributed by atoms with Crippen LogP contribution in [0.3, 0.4) is 0 Å². The van der Waals surface area contributed by atoms with Gasteiger partial charge in [-0.05, 0) is 55.2 Å². The number of rotatable bonds is 6. The average molecular weight is 410 g/mol. The van der Waals surface area contributed by atoms with Crippen LogP contribution in [0, 0.1) is 0 Å². The number of hydrogen-bond donors (Lipinski definition) is 1. The Bertz CT molecular complexity index is 1090. The number of hydrogen-bond acceptors (Lipinski definition) is 4. The van der Waals surface area contributed by atoms with Gasteiger partial charge >= 0.3 is 0 Å². The van der Waals surface area contributed by atoms with Crippen LogP contribution in [-0.2, 0) is 37.0 Å². The highest BCUT2D eigenvalue weighted by atomic mass is 32.1. The highest BCUT2D eigenvalue weighted by Crippen LogP contribution is 2.33. The predicted octanol–water partition coefficient (Wildman–Crippen LogP) is 4.49. The van der Waals surface area contributed by atoms with E-state index in [-0.39, 0.29) is 17.9 Å². The summed E-state index contributed by atoms with van der Waals surface area (Å²) in [4.78, 5) is 32.3. The molecule has 0 unspecified atom stereocenters. The molecule has 1 aliphatic rings. The fourth-order valence-electron chi connectivity index (χ4n) is 4.17. The number of nitrogens with zero attached hydrogens (tertiary/aromatic N) is 2. The molecule has 5 nitrogen and oxygen atoms in total. The molecule has 0 atom stereocenters. The molecule has 0 fully saturated rings. The summed E-state index contributed by atoms with van der Waals surface area (Å²) in [6.07, 6.45) is 7.91. The van der Waals surface area contributed by atoms with Gasteiger partial charge in [0.2, 0.25) is 5.91 Å². The Morgan fingerprint density at radius 3 is 2.62 bits per heavy atom. The summed E-state index contributed by atoms with van der Waals surface area (Å²) < 4.78 is 1.59. The molecule has 3 aromatic rings. The van der Waals surface area contributed by atoms with Gasteiger partial charge in [-0.1, -0.05) is 32.0 Å². The SMILES string of the molecule is CCc1cccc(CC)c1NC(=O)CCn1cnc2sc3c(c2c1=O)CCCC3. The van der Waals surface area contributed by atoms with E-state index in [2.05, 4.69) is 36.3 Å². The normalized spacial score (nSPS) is 13.4. The van der Waals surface area contributed by atoms with Gasteiger partial charge in [0, 0.05) is 23.5 Å². The van der Waals surface area contributed by atoms with Crippen molar-refractivity contribution in [3.8, 4) is 0 Å². The van der Waals surface area contributed by atoms with E-state index in [0.29, 0.717) is 6.54 Å². The zero-order valence-electron chi connectivity index (χ0n) is 17.1. The maximum absolute atomic E-state index is 13.0. The molecule has 0 aliphatic heterocycles. The number of nitrogens with one attached hydrogen (secondary N) is 1. The van der Waals surface area contributed by atoms with Gasteiger partial charge in [-0.3, -0.25) is 14.2 Å². The summed E-state index contributed by atoms with van der Waals surface area (Å²) >= 11 is 1.65. The molecule has 1 aliphatic carbocycles. The van der Waals surface area contributed by atoms with Gasteiger partial charge in [0.05, 0.1) is 11.7 Å². The molecule has 0 saturated heterocycles. The van der Waals surface area contributed by atoms with Gasteiger partial charge in [-0.25, -0.2) is 4.98 Å². The first-order chi connectivity index (χ1) is 14.1. The number of fused-ring (bicyclic) bond motifs is 3. The van der Waals surface area contributed by atoms with E-state index in [1.807, 2.05) is 6.07 Å². The maximum atomic E-state index is 13.0. The Morgan fingerprint density at radius 1 is 1.17 bits per heavy atom. The Kier molecular flexibility index (Phi) is 5.81. The highest BCUT2D eigenvalue weighted by Gasteiger charge is 2.20. The molecule has 6 heteroatoms. The minimum Gasteiger partial charge on any atom is -0.326 e. The van der Waals surface area contributed by atoms with Crippen molar-refractivity contribution >= 4 is 33.1 Å². The van der Waals surface area contributed by atoms with E-state index in [1.54, 1.807) is 22.2 Å². The first kappa shape index (κ1) is 19.8. The van der Waals surface area contributed by atoms with E-state index >= 15 is 0 Å². The molecule has 0 bridgehead atoms. The van der Waals surface area contributed by atoms with Crippen LogP contribution in [0.15, 0.2) is 29.3 Å². The number of anilines is 1. The van der Waals surface area contributed by atoms with Crippen LogP contribution in [0.5, 0.6) is 0 Å². The fourth-order valence-corrected chi connectivity index (χ4v) is 5.39. The van der Waals surface area contributed by atoms with Gasteiger partial charge < -0.3 is 5.32 Å². The number of aromatic nitrogens is 2. The van der Waals surface area contributed by atoms with E-state index in [0.717, 1.165) is 59.1 Å². The van der Waals surface area contributed by atoms with E-state index in [9.17, 15) is 9.59 Å². The van der Waals surface area contributed by atoms with Gasteiger partial charge in [-0.15, -0.1) is 11.3 Å². The van der Waals surface area contributed by atoms with Gasteiger partial charge in [0.1, 0.15) is 4.83 Å². The van der Waals surface area contributed by atoms with E-state index in [1.165, 1.54) is 16.9 Å². The standard InChI is InChI=1S/C23H27N3O2S/c1-3-15-8-7-9-16(4-2)21(15)25-19(27)12-13-26-14-24-22-20(23(26)28)17-10-5-6-11-18(17)29-22/h7-9,14H,3-6,10-13H2,1-2H3,(H,25,27). The van der Waals surface area contributed by atoms with Crippen molar-refractivity contribution in [2.75, 3.05) is 5.32 Å². The molecule has 0 radical (unpaired) electrons. The number of carbonyl (C=O) groups is 1. The van der Waals surface area contributed by atoms with Crippen molar-refractivity contribution < 1.29 is 4.79 Å². The second-order valence-electron chi connectivity index (χ2n) is 7.59. The van der Waals surface area contributed by atoms with Crippen LogP contribution < -0.4 is 10.9 Å². The molecule has 29 heavy (non-hydrogen) atoms. The van der Waals surface area contributed by atoms with E-state index < -0.39 is 0 Å². The quantitative estimate of drug-likeness (QED) is 0.652. The molecule has 2 aromatic heterocycles. The largest absolute Gasteiger partial charge is 0.326 e. The molecule has 2 heterocycles. The summed E-state index contributed by atoms with van der Waals surface area (Å²) in [5.41, 5.74) is 4.39. The number of thiophene rings is 1. The van der Waals surface area contributed by atoms with Crippen molar-refractivity contribution in [2.24, 2.45) is 0 Å². The average Bonchev–Trinajstić information content (AvgIpc) is 3.12. The van der Waals surface area contributed by atoms with Crippen LogP contribution in [0.25, 0.3) is 10.2 Å². The summed E-state index contributed by atoms with van der Waals surface area (Å²) in [6, 6.07) is 6.14. The number of para-hydroxylation sites is 1. The number of aryl methyl sites for hydroxylation is 5. The second-order valence-corrected chi connectivity index (χ2v) is 8.67. The fraction of sp³-hybridized carbons (Fsp3) is 0.435. The van der Waals surface area contributed by atoms with Crippen molar-refractivity contribution in [2.45, 2.75) is 65.3 Å². The first-order valence-corrected chi connectivity index (χ1v) is 11.3. The lowest BCUT2D eigenvalue weighted by Gasteiger charge is -2.14. The Balaban J connectivity index is 1.52. The van der Waals surface area contributed by atoms with Gasteiger partial charge in [-0.2, -0.15) is 0 Å². The Labute approximate surface area is 174 Å². The van der Waals surface area contributed by atoms with Gasteiger partial charge in [0.15, 0.2) is 0 Å². The third kappa shape index (κ3) is 3.86. The lowest BCUT2D eigenvalue weighted by atomic mass is 9.97. The summed E-state index contributed by atoms with van der Waals surface area (Å²) in [6.45, 7) is 4.52. The minimum atomic E-state index is -0.0695. The van der Waals surface area contributed by atoms with Crippen molar-refractivity contribution in [1.82, 2.24) is 9.55 Å².